The Morgan fingerprint density at radius 1 is 1.39 bits per heavy atom. The van der Waals surface area contributed by atoms with E-state index in [1.54, 1.807) is 16.9 Å². The summed E-state index contributed by atoms with van der Waals surface area (Å²) in [4.78, 5) is 20.6. The first-order chi connectivity index (χ1) is 11.1. The molecule has 1 fully saturated rings. The summed E-state index contributed by atoms with van der Waals surface area (Å²) in [5, 5.41) is 16.2. The summed E-state index contributed by atoms with van der Waals surface area (Å²) in [6, 6.07) is 3.56. The van der Waals surface area contributed by atoms with E-state index in [4.69, 9.17) is 9.84 Å². The zero-order valence-corrected chi connectivity index (χ0v) is 12.7. The number of nitrogens with zero attached hydrogens (tertiary/aromatic N) is 5. The van der Waals surface area contributed by atoms with Crippen molar-refractivity contribution in [3.05, 3.63) is 24.7 Å². The van der Waals surface area contributed by atoms with Gasteiger partial charge < -0.3 is 20.1 Å². The molecule has 2 aromatic rings. The predicted octanol–water partition coefficient (Wildman–Crippen LogP) is 1.47. The molecule has 1 aliphatic heterocycles. The van der Waals surface area contributed by atoms with E-state index in [1.165, 1.54) is 11.2 Å². The van der Waals surface area contributed by atoms with Crippen LogP contribution in [0.15, 0.2) is 24.7 Å². The van der Waals surface area contributed by atoms with Gasteiger partial charge in [-0.25, -0.2) is 14.8 Å². The van der Waals surface area contributed by atoms with Crippen LogP contribution in [0.4, 0.5) is 16.4 Å². The second kappa shape index (κ2) is 6.51. The van der Waals surface area contributed by atoms with Crippen molar-refractivity contribution in [1.82, 2.24) is 24.6 Å². The number of likely N-dealkylation sites (tertiary alicyclic amines) is 1. The molecular weight excluding hydrogens is 300 g/mol. The van der Waals surface area contributed by atoms with Crippen molar-refractivity contribution in [1.29, 1.82) is 0 Å². The molecule has 3 heterocycles. The molecule has 0 bridgehead atoms. The van der Waals surface area contributed by atoms with Gasteiger partial charge in [-0.3, -0.25) is 4.68 Å². The Bertz CT molecular complexity index is 681. The highest BCUT2D eigenvalue weighted by Crippen LogP contribution is 2.20. The summed E-state index contributed by atoms with van der Waals surface area (Å²) in [5.74, 6) is 1.89. The number of carbonyl (C=O) groups is 1. The largest absolute Gasteiger partial charge is 0.474 e. The normalized spacial score (nSPS) is 15.4. The van der Waals surface area contributed by atoms with Crippen molar-refractivity contribution in [3.63, 3.8) is 0 Å². The Labute approximate surface area is 132 Å². The van der Waals surface area contributed by atoms with Gasteiger partial charge in [-0.15, -0.1) is 0 Å². The molecule has 1 saturated heterocycles. The van der Waals surface area contributed by atoms with Crippen LogP contribution in [0.5, 0.6) is 5.88 Å². The number of hydrogen-bond acceptors (Lipinski definition) is 6. The summed E-state index contributed by atoms with van der Waals surface area (Å²) in [6.45, 7) is 0.955. The number of ether oxygens (including phenoxy) is 1. The number of carboxylic acid groups (broad SMARTS) is 1. The van der Waals surface area contributed by atoms with E-state index in [0.29, 0.717) is 37.6 Å². The molecule has 0 spiro atoms. The second-order valence-corrected chi connectivity index (χ2v) is 5.29. The highest BCUT2D eigenvalue weighted by molar-refractivity contribution is 5.65. The Hall–Kier alpha value is -2.84. The van der Waals surface area contributed by atoms with Crippen LogP contribution < -0.4 is 10.1 Å². The summed E-state index contributed by atoms with van der Waals surface area (Å²) < 4.78 is 7.54. The average molecular weight is 318 g/mol. The molecule has 0 atom stereocenters. The maximum absolute atomic E-state index is 10.9. The van der Waals surface area contributed by atoms with Crippen molar-refractivity contribution in [2.24, 2.45) is 7.05 Å². The molecule has 1 aliphatic rings. The smallest absolute Gasteiger partial charge is 0.407 e. The maximum Gasteiger partial charge on any atom is 0.407 e. The van der Waals surface area contributed by atoms with Crippen LogP contribution in [0.1, 0.15) is 12.8 Å². The number of rotatable bonds is 4. The first kappa shape index (κ1) is 15.1. The van der Waals surface area contributed by atoms with Crippen molar-refractivity contribution >= 4 is 17.7 Å². The van der Waals surface area contributed by atoms with Crippen LogP contribution in [0.25, 0.3) is 0 Å². The van der Waals surface area contributed by atoms with E-state index >= 15 is 0 Å². The summed E-state index contributed by atoms with van der Waals surface area (Å²) >= 11 is 0. The molecule has 9 nitrogen and oxygen atoms in total. The number of aryl methyl sites for hydroxylation is 1. The van der Waals surface area contributed by atoms with Gasteiger partial charge in [-0.2, -0.15) is 5.10 Å². The molecule has 23 heavy (non-hydrogen) atoms. The maximum atomic E-state index is 10.9. The molecular formula is C14H18N6O3. The van der Waals surface area contributed by atoms with Gasteiger partial charge in [0.25, 0.3) is 0 Å². The Kier molecular flexibility index (Phi) is 4.26. The summed E-state index contributed by atoms with van der Waals surface area (Å²) in [5.41, 5.74) is 0. The van der Waals surface area contributed by atoms with E-state index < -0.39 is 6.09 Å². The van der Waals surface area contributed by atoms with Crippen LogP contribution in [0.2, 0.25) is 0 Å². The third-order valence-electron chi connectivity index (χ3n) is 3.72. The first-order valence-electron chi connectivity index (χ1n) is 7.33. The zero-order valence-electron chi connectivity index (χ0n) is 12.7. The monoisotopic (exact) mass is 318 g/mol. The number of piperidine rings is 1. The first-order valence-corrected chi connectivity index (χ1v) is 7.33. The van der Waals surface area contributed by atoms with Crippen molar-refractivity contribution < 1.29 is 14.6 Å². The molecule has 9 heteroatoms. The highest BCUT2D eigenvalue weighted by Gasteiger charge is 2.23. The van der Waals surface area contributed by atoms with Crippen LogP contribution in [0, 0.1) is 0 Å². The Balaban J connectivity index is 1.60. The minimum atomic E-state index is -0.881. The quantitative estimate of drug-likeness (QED) is 0.879. The molecule has 0 unspecified atom stereocenters. The number of aromatic nitrogens is 4. The molecule has 2 N–H and O–H groups in total. The van der Waals surface area contributed by atoms with Crippen molar-refractivity contribution in [2.75, 3.05) is 18.4 Å². The van der Waals surface area contributed by atoms with Gasteiger partial charge in [-0.05, 0) is 0 Å². The molecule has 3 rings (SSSR count). The minimum absolute atomic E-state index is 0.0370. The standard InChI is InChI=1S/C14H18N6O3/c1-19-12(2-5-17-19)18-11-8-13(16-9-15-11)23-10-3-6-20(7-4-10)14(21)22/h2,5,8-10H,3-4,6-7H2,1H3,(H,21,22)(H,15,16,18). The summed E-state index contributed by atoms with van der Waals surface area (Å²) in [7, 11) is 1.83. The van der Waals surface area contributed by atoms with Crippen LogP contribution in [-0.2, 0) is 7.05 Å². The summed E-state index contributed by atoms with van der Waals surface area (Å²) in [6.07, 6.45) is 3.51. The van der Waals surface area contributed by atoms with Gasteiger partial charge in [0.15, 0.2) is 0 Å². The topological polar surface area (TPSA) is 105 Å². The van der Waals surface area contributed by atoms with Gasteiger partial charge in [0.05, 0.1) is 6.20 Å². The Morgan fingerprint density at radius 2 is 2.17 bits per heavy atom. The van der Waals surface area contributed by atoms with Gasteiger partial charge >= 0.3 is 6.09 Å². The van der Waals surface area contributed by atoms with Crippen LogP contribution in [0.3, 0.4) is 0 Å². The molecule has 0 saturated carbocycles. The lowest BCUT2D eigenvalue weighted by molar-refractivity contribution is 0.0870. The zero-order chi connectivity index (χ0) is 16.2. The third kappa shape index (κ3) is 3.68. The van der Waals surface area contributed by atoms with E-state index in [2.05, 4.69) is 20.4 Å². The molecule has 1 amide bonds. The lowest BCUT2D eigenvalue weighted by Crippen LogP contribution is -2.41. The minimum Gasteiger partial charge on any atom is -0.474 e. The van der Waals surface area contributed by atoms with Crippen molar-refractivity contribution in [2.45, 2.75) is 18.9 Å². The fraction of sp³-hybridized carbons (Fsp3) is 0.429. The van der Waals surface area contributed by atoms with E-state index in [1.807, 2.05) is 13.1 Å². The average Bonchev–Trinajstić information content (AvgIpc) is 2.93. The molecule has 0 aliphatic carbocycles. The lowest BCUT2D eigenvalue weighted by Gasteiger charge is -2.29. The van der Waals surface area contributed by atoms with Gasteiger partial charge in [-0.1, -0.05) is 0 Å². The van der Waals surface area contributed by atoms with E-state index in [0.717, 1.165) is 5.82 Å². The lowest BCUT2D eigenvalue weighted by atomic mass is 10.1. The SMILES string of the molecule is Cn1nccc1Nc1cc(OC2CCN(C(=O)O)CC2)ncn1. The fourth-order valence-electron chi connectivity index (χ4n) is 2.44. The van der Waals surface area contributed by atoms with E-state index in [-0.39, 0.29) is 6.10 Å². The van der Waals surface area contributed by atoms with Gasteiger partial charge in [0, 0.05) is 45.1 Å². The third-order valence-corrected chi connectivity index (χ3v) is 3.72. The molecule has 0 radical (unpaired) electrons. The number of nitrogens with one attached hydrogen (secondary N) is 1. The predicted molar refractivity (Wildman–Crippen MR) is 81.8 cm³/mol. The Morgan fingerprint density at radius 3 is 2.83 bits per heavy atom. The number of anilines is 2. The second-order valence-electron chi connectivity index (χ2n) is 5.29. The number of amides is 1. The van der Waals surface area contributed by atoms with Crippen LogP contribution >= 0.6 is 0 Å². The van der Waals surface area contributed by atoms with Crippen LogP contribution in [-0.4, -0.2) is 55.0 Å². The van der Waals surface area contributed by atoms with Crippen molar-refractivity contribution in [3.8, 4) is 5.88 Å². The van der Waals surface area contributed by atoms with E-state index in [9.17, 15) is 4.79 Å². The highest BCUT2D eigenvalue weighted by atomic mass is 16.5. The van der Waals surface area contributed by atoms with Gasteiger partial charge in [0.1, 0.15) is 24.1 Å². The molecule has 2 aromatic heterocycles. The molecule has 0 aromatic carbocycles. The number of hydrogen-bond donors (Lipinski definition) is 2. The molecule has 122 valence electrons. The van der Waals surface area contributed by atoms with Gasteiger partial charge in [0.2, 0.25) is 5.88 Å². The fourth-order valence-corrected chi connectivity index (χ4v) is 2.44.